The van der Waals surface area contributed by atoms with Crippen LogP contribution in [0.4, 0.5) is 11.4 Å². The van der Waals surface area contributed by atoms with Gasteiger partial charge in [0.2, 0.25) is 5.91 Å². The van der Waals surface area contributed by atoms with Gasteiger partial charge in [0.1, 0.15) is 5.76 Å². The molecule has 30 heavy (non-hydrogen) atoms. The minimum absolute atomic E-state index is 0.0800. The quantitative estimate of drug-likeness (QED) is 0.587. The second-order valence-electron chi connectivity index (χ2n) is 6.76. The number of benzene rings is 1. The summed E-state index contributed by atoms with van der Waals surface area (Å²) in [7, 11) is 0. The van der Waals surface area contributed by atoms with Gasteiger partial charge in [0.25, 0.3) is 5.91 Å². The fourth-order valence-corrected chi connectivity index (χ4v) is 4.27. The van der Waals surface area contributed by atoms with E-state index in [1.807, 2.05) is 34.5 Å². The second-order valence-corrected chi connectivity index (χ2v) is 8.12. The van der Waals surface area contributed by atoms with Gasteiger partial charge < -0.3 is 19.5 Å². The molecule has 4 rings (SSSR count). The second kappa shape index (κ2) is 9.19. The van der Waals surface area contributed by atoms with E-state index in [1.54, 1.807) is 30.5 Å². The van der Waals surface area contributed by atoms with Crippen LogP contribution in [0.5, 0.6) is 0 Å². The zero-order chi connectivity index (χ0) is 20.9. The first-order chi connectivity index (χ1) is 14.6. The van der Waals surface area contributed by atoms with Crippen molar-refractivity contribution in [1.82, 2.24) is 4.90 Å². The Bertz CT molecular complexity index is 1040. The van der Waals surface area contributed by atoms with Crippen LogP contribution in [-0.4, -0.2) is 42.9 Å². The molecule has 154 valence electrons. The number of piperazine rings is 1. The molecule has 0 atom stereocenters. The summed E-state index contributed by atoms with van der Waals surface area (Å²) in [5.74, 6) is 0.419. The third kappa shape index (κ3) is 4.75. The molecule has 1 saturated heterocycles. The molecule has 1 fully saturated rings. The highest BCUT2D eigenvalue weighted by atomic mass is 35.5. The molecule has 0 saturated carbocycles. The molecule has 0 unspecified atom stereocenters. The Kier molecular flexibility index (Phi) is 6.21. The van der Waals surface area contributed by atoms with Crippen LogP contribution in [-0.2, 0) is 4.79 Å². The summed E-state index contributed by atoms with van der Waals surface area (Å²) in [4.78, 5) is 29.4. The highest BCUT2D eigenvalue weighted by Gasteiger charge is 2.23. The zero-order valence-corrected chi connectivity index (χ0v) is 17.7. The van der Waals surface area contributed by atoms with Crippen LogP contribution >= 0.6 is 22.9 Å². The number of nitrogens with one attached hydrogen (secondary N) is 1. The Balaban J connectivity index is 1.34. The molecule has 0 bridgehead atoms. The van der Waals surface area contributed by atoms with E-state index in [4.69, 9.17) is 16.0 Å². The normalized spacial score (nSPS) is 14.3. The lowest BCUT2D eigenvalue weighted by Crippen LogP contribution is -2.48. The molecule has 1 aromatic carbocycles. The smallest absolute Gasteiger partial charge is 0.264 e. The van der Waals surface area contributed by atoms with E-state index in [-0.39, 0.29) is 11.8 Å². The largest absolute Gasteiger partial charge is 0.465 e. The van der Waals surface area contributed by atoms with Crippen molar-refractivity contribution in [2.75, 3.05) is 36.4 Å². The summed E-state index contributed by atoms with van der Waals surface area (Å²) >= 11 is 7.94. The molecule has 2 amide bonds. The maximum Gasteiger partial charge on any atom is 0.264 e. The number of halogens is 1. The zero-order valence-electron chi connectivity index (χ0n) is 16.1. The Labute approximate surface area is 183 Å². The highest BCUT2D eigenvalue weighted by Crippen LogP contribution is 2.30. The Morgan fingerprint density at radius 1 is 1.10 bits per heavy atom. The van der Waals surface area contributed by atoms with E-state index >= 15 is 0 Å². The summed E-state index contributed by atoms with van der Waals surface area (Å²) in [6.45, 7) is 2.69. The molecular weight excluding hydrogens is 422 g/mol. The fourth-order valence-electron chi connectivity index (χ4n) is 3.28. The molecule has 1 aliphatic heterocycles. The molecule has 6 nitrogen and oxygen atoms in total. The number of amides is 2. The van der Waals surface area contributed by atoms with Crippen molar-refractivity contribution < 1.29 is 14.0 Å². The summed E-state index contributed by atoms with van der Waals surface area (Å²) in [5.41, 5.74) is 1.51. The van der Waals surface area contributed by atoms with Gasteiger partial charge in [-0.1, -0.05) is 17.7 Å². The number of hydrogen-bond acceptors (Lipinski definition) is 5. The van der Waals surface area contributed by atoms with Gasteiger partial charge in [-0.2, -0.15) is 0 Å². The molecule has 8 heteroatoms. The average molecular weight is 442 g/mol. The van der Waals surface area contributed by atoms with Gasteiger partial charge in [-0.15, -0.1) is 11.3 Å². The number of furan rings is 1. The predicted molar refractivity (Wildman–Crippen MR) is 120 cm³/mol. The number of rotatable bonds is 5. The lowest BCUT2D eigenvalue weighted by molar-refractivity contribution is -0.111. The standard InChI is InChI=1S/C22H20ClN3O3S/c23-18-15-16(24-21(27)8-6-17-3-1-13-29-17)5-7-19(18)25-9-11-26(12-10-25)22(28)20-4-2-14-30-20/h1-8,13-15H,9-12H2,(H,24,27)/b8-6+. The molecular formula is C22H20ClN3O3S. The molecule has 0 radical (unpaired) electrons. The number of carbonyl (C=O) groups is 2. The summed E-state index contributed by atoms with van der Waals surface area (Å²) in [5, 5.41) is 5.26. The van der Waals surface area contributed by atoms with Gasteiger partial charge in [0, 0.05) is 37.9 Å². The van der Waals surface area contributed by atoms with E-state index in [0.29, 0.717) is 42.6 Å². The first-order valence-electron chi connectivity index (χ1n) is 9.50. The highest BCUT2D eigenvalue weighted by molar-refractivity contribution is 7.12. The first kappa shape index (κ1) is 20.3. The number of anilines is 2. The number of nitrogens with zero attached hydrogens (tertiary/aromatic N) is 2. The van der Waals surface area contributed by atoms with Gasteiger partial charge in [-0.25, -0.2) is 0 Å². The maximum atomic E-state index is 12.5. The number of hydrogen-bond donors (Lipinski definition) is 1. The summed E-state index contributed by atoms with van der Waals surface area (Å²) < 4.78 is 5.16. The van der Waals surface area contributed by atoms with Crippen molar-refractivity contribution in [2.45, 2.75) is 0 Å². The van der Waals surface area contributed by atoms with Crippen molar-refractivity contribution in [3.63, 3.8) is 0 Å². The van der Waals surface area contributed by atoms with Crippen molar-refractivity contribution >= 4 is 52.2 Å². The minimum atomic E-state index is -0.268. The van der Waals surface area contributed by atoms with Crippen molar-refractivity contribution in [1.29, 1.82) is 0 Å². The molecule has 0 aliphatic carbocycles. The third-order valence-electron chi connectivity index (χ3n) is 4.80. The van der Waals surface area contributed by atoms with Crippen LogP contribution in [0.15, 0.2) is 64.6 Å². The van der Waals surface area contributed by atoms with Crippen LogP contribution < -0.4 is 10.2 Å². The SMILES string of the molecule is O=C(/C=C/c1ccco1)Nc1ccc(N2CCN(C(=O)c3cccs3)CC2)c(Cl)c1. The molecule has 0 spiro atoms. The molecule has 3 heterocycles. The van der Waals surface area contributed by atoms with Gasteiger partial charge in [0.05, 0.1) is 21.9 Å². The molecule has 2 aromatic heterocycles. The fraction of sp³-hybridized carbons (Fsp3) is 0.182. The van der Waals surface area contributed by atoms with Crippen molar-refractivity contribution in [3.8, 4) is 0 Å². The van der Waals surface area contributed by atoms with E-state index in [9.17, 15) is 9.59 Å². The lowest BCUT2D eigenvalue weighted by atomic mass is 10.2. The molecule has 1 aliphatic rings. The van der Waals surface area contributed by atoms with Crippen LogP contribution in [0.25, 0.3) is 6.08 Å². The third-order valence-corrected chi connectivity index (χ3v) is 5.96. The van der Waals surface area contributed by atoms with Crippen LogP contribution in [0.3, 0.4) is 0 Å². The summed E-state index contributed by atoms with van der Waals surface area (Å²) in [6, 6.07) is 12.7. The monoisotopic (exact) mass is 441 g/mol. The maximum absolute atomic E-state index is 12.5. The van der Waals surface area contributed by atoms with E-state index < -0.39 is 0 Å². The molecule has 3 aromatic rings. The van der Waals surface area contributed by atoms with E-state index in [2.05, 4.69) is 10.2 Å². The molecule has 1 N–H and O–H groups in total. The van der Waals surface area contributed by atoms with Gasteiger partial charge >= 0.3 is 0 Å². The van der Waals surface area contributed by atoms with Crippen LogP contribution in [0.2, 0.25) is 5.02 Å². The number of carbonyl (C=O) groups excluding carboxylic acids is 2. The predicted octanol–water partition coefficient (Wildman–Crippen LogP) is 4.61. The Morgan fingerprint density at radius 2 is 1.93 bits per heavy atom. The van der Waals surface area contributed by atoms with Crippen molar-refractivity contribution in [2.24, 2.45) is 0 Å². The van der Waals surface area contributed by atoms with E-state index in [0.717, 1.165) is 10.6 Å². The van der Waals surface area contributed by atoms with Gasteiger partial charge in [0.15, 0.2) is 0 Å². The average Bonchev–Trinajstić information content (AvgIpc) is 3.46. The van der Waals surface area contributed by atoms with E-state index in [1.165, 1.54) is 17.4 Å². The lowest BCUT2D eigenvalue weighted by Gasteiger charge is -2.36. The van der Waals surface area contributed by atoms with Crippen molar-refractivity contribution in [3.05, 3.63) is 75.8 Å². The van der Waals surface area contributed by atoms with Crippen LogP contribution in [0.1, 0.15) is 15.4 Å². The minimum Gasteiger partial charge on any atom is -0.465 e. The Hall–Kier alpha value is -3.03. The van der Waals surface area contributed by atoms with Gasteiger partial charge in [-0.05, 0) is 47.9 Å². The Morgan fingerprint density at radius 3 is 2.60 bits per heavy atom. The number of thiophene rings is 1. The topological polar surface area (TPSA) is 65.8 Å². The summed E-state index contributed by atoms with van der Waals surface area (Å²) in [6.07, 6.45) is 4.56. The first-order valence-corrected chi connectivity index (χ1v) is 10.8. The van der Waals surface area contributed by atoms with Gasteiger partial charge in [-0.3, -0.25) is 9.59 Å². The van der Waals surface area contributed by atoms with Crippen LogP contribution in [0, 0.1) is 0 Å².